The molecule has 0 radical (unpaired) electrons. The fraction of sp³-hybridized carbons (Fsp3) is 0.387. The molecular formula is C31H39ClN2O4. The zero-order valence-electron chi connectivity index (χ0n) is 22.6. The van der Waals surface area contributed by atoms with Gasteiger partial charge in [-0.2, -0.15) is 0 Å². The van der Waals surface area contributed by atoms with E-state index in [-0.39, 0.29) is 24.4 Å². The van der Waals surface area contributed by atoms with Gasteiger partial charge in [-0.1, -0.05) is 68.1 Å². The Morgan fingerprint density at radius 3 is 2.29 bits per heavy atom. The molecule has 4 N–H and O–H groups in total. The highest BCUT2D eigenvalue weighted by Crippen LogP contribution is 2.38. The van der Waals surface area contributed by atoms with Crippen LogP contribution < -0.4 is 4.74 Å². The van der Waals surface area contributed by atoms with E-state index < -0.39 is 0 Å². The van der Waals surface area contributed by atoms with Crippen LogP contribution in [0.5, 0.6) is 11.5 Å². The van der Waals surface area contributed by atoms with Gasteiger partial charge < -0.3 is 25.0 Å². The van der Waals surface area contributed by atoms with Crippen molar-refractivity contribution in [3.05, 3.63) is 77.1 Å². The molecule has 6 nitrogen and oxygen atoms in total. The predicted octanol–water partition coefficient (Wildman–Crippen LogP) is 7.31. The van der Waals surface area contributed by atoms with Crippen LogP contribution in [0.3, 0.4) is 0 Å². The summed E-state index contributed by atoms with van der Waals surface area (Å²) in [6, 6.07) is 18.7. The fourth-order valence-corrected chi connectivity index (χ4v) is 4.56. The van der Waals surface area contributed by atoms with Gasteiger partial charge in [-0.15, -0.1) is 0 Å². The van der Waals surface area contributed by atoms with Crippen LogP contribution >= 0.6 is 11.6 Å². The van der Waals surface area contributed by atoms with Crippen LogP contribution in [0.4, 0.5) is 0 Å². The van der Waals surface area contributed by atoms with Crippen molar-refractivity contribution in [3.63, 3.8) is 0 Å². The topological polar surface area (TPSA) is 98.6 Å². The van der Waals surface area contributed by atoms with E-state index in [9.17, 15) is 10.2 Å². The van der Waals surface area contributed by atoms with Crippen molar-refractivity contribution < 1.29 is 20.1 Å². The summed E-state index contributed by atoms with van der Waals surface area (Å²) >= 11 is 6.66. The molecule has 4 aromatic rings. The number of benzene rings is 3. The Hall–Kier alpha value is -3.06. The molecular weight excluding hydrogens is 500 g/mol. The van der Waals surface area contributed by atoms with Gasteiger partial charge in [0.15, 0.2) is 0 Å². The highest BCUT2D eigenvalue weighted by molar-refractivity contribution is 6.34. The zero-order chi connectivity index (χ0) is 27.7. The van der Waals surface area contributed by atoms with Gasteiger partial charge in [-0.3, -0.25) is 0 Å². The number of nitrogens with zero attached hydrogens (tertiary/aromatic N) is 1. The van der Waals surface area contributed by atoms with E-state index in [2.05, 4.69) is 11.9 Å². The molecule has 1 aliphatic carbocycles. The van der Waals surface area contributed by atoms with E-state index in [0.717, 1.165) is 52.3 Å². The lowest BCUT2D eigenvalue weighted by Crippen LogP contribution is -2.06. The molecule has 7 heteroatoms. The van der Waals surface area contributed by atoms with Gasteiger partial charge in [0.1, 0.15) is 17.3 Å². The molecule has 1 fully saturated rings. The molecule has 1 atom stereocenters. The van der Waals surface area contributed by atoms with Crippen LogP contribution in [0.25, 0.3) is 22.2 Å². The van der Waals surface area contributed by atoms with E-state index in [0.29, 0.717) is 11.4 Å². The van der Waals surface area contributed by atoms with Gasteiger partial charge in [0.05, 0.1) is 22.2 Å². The van der Waals surface area contributed by atoms with Crippen LogP contribution in [-0.2, 0) is 0 Å². The van der Waals surface area contributed by atoms with Crippen LogP contribution in [0.1, 0.15) is 63.8 Å². The third-order valence-corrected chi connectivity index (χ3v) is 6.76. The number of aliphatic hydroxyl groups excluding tert-OH is 2. The van der Waals surface area contributed by atoms with Crippen molar-refractivity contribution in [3.8, 4) is 22.6 Å². The number of halogens is 1. The Kier molecular flexibility index (Phi) is 11.0. The zero-order valence-corrected chi connectivity index (χ0v) is 23.4. The van der Waals surface area contributed by atoms with E-state index in [1.165, 1.54) is 19.3 Å². The molecule has 1 unspecified atom stereocenters. The number of nitrogens with one attached hydrogen (secondary N) is 1. The first-order chi connectivity index (χ1) is 18.4. The maximum Gasteiger partial charge on any atom is 0.127 e. The summed E-state index contributed by atoms with van der Waals surface area (Å²) < 4.78 is 5.97. The second-order valence-electron chi connectivity index (χ2n) is 9.64. The van der Waals surface area contributed by atoms with Gasteiger partial charge >= 0.3 is 0 Å². The van der Waals surface area contributed by atoms with Gasteiger partial charge in [-0.25, -0.2) is 4.98 Å². The number of aromatic nitrogens is 2. The number of ether oxygens (including phenoxy) is 1. The first-order valence-corrected chi connectivity index (χ1v) is 13.6. The quantitative estimate of drug-likeness (QED) is 0.188. The lowest BCUT2D eigenvalue weighted by atomic mass is 9.95. The van der Waals surface area contributed by atoms with Crippen molar-refractivity contribution in [2.75, 3.05) is 13.7 Å². The second kappa shape index (κ2) is 14.2. The summed E-state index contributed by atoms with van der Waals surface area (Å²) in [5, 5.41) is 26.8. The lowest BCUT2D eigenvalue weighted by Gasteiger charge is -2.15. The van der Waals surface area contributed by atoms with E-state index in [1.54, 1.807) is 12.1 Å². The number of hydrogen-bond donors (Lipinski definition) is 4. The minimum atomic E-state index is -0.128. The van der Waals surface area contributed by atoms with Crippen molar-refractivity contribution in [2.45, 2.75) is 58.5 Å². The first-order valence-electron chi connectivity index (χ1n) is 13.2. The molecule has 204 valence electrons. The third kappa shape index (κ3) is 7.73. The van der Waals surface area contributed by atoms with Crippen molar-refractivity contribution in [2.24, 2.45) is 5.92 Å². The van der Waals surface area contributed by atoms with Crippen molar-refractivity contribution in [1.29, 1.82) is 0 Å². The number of hydrogen-bond acceptors (Lipinski definition) is 5. The summed E-state index contributed by atoms with van der Waals surface area (Å²) in [7, 11) is 1.00. The van der Waals surface area contributed by atoms with Crippen LogP contribution in [-0.4, -0.2) is 45.1 Å². The van der Waals surface area contributed by atoms with Gasteiger partial charge in [0.2, 0.25) is 0 Å². The van der Waals surface area contributed by atoms with E-state index in [4.69, 9.17) is 26.4 Å². The van der Waals surface area contributed by atoms with Crippen LogP contribution in [0.2, 0.25) is 5.02 Å². The Morgan fingerprint density at radius 1 is 1.03 bits per heavy atom. The molecule has 0 aliphatic heterocycles. The molecule has 0 spiro atoms. The molecule has 0 saturated heterocycles. The SMILES string of the molecule is CC(C)Oc1ccccc1-c1cc2nc(C(CCO)c3ccc(O)cc3)[nH]c2cc1Cl.CCC1CC1.CO. The minimum absolute atomic E-state index is 0.0223. The molecule has 1 aromatic heterocycles. The Morgan fingerprint density at radius 2 is 1.71 bits per heavy atom. The van der Waals surface area contributed by atoms with Gasteiger partial charge in [0.25, 0.3) is 0 Å². The molecule has 38 heavy (non-hydrogen) atoms. The Labute approximate surface area is 230 Å². The summed E-state index contributed by atoms with van der Waals surface area (Å²) in [5.41, 5.74) is 4.35. The smallest absolute Gasteiger partial charge is 0.127 e. The maximum atomic E-state index is 9.60. The van der Waals surface area contributed by atoms with Crippen molar-refractivity contribution >= 4 is 22.6 Å². The third-order valence-electron chi connectivity index (χ3n) is 6.45. The lowest BCUT2D eigenvalue weighted by molar-refractivity contribution is 0.243. The number of aromatic amines is 1. The monoisotopic (exact) mass is 538 g/mol. The molecule has 0 amide bonds. The number of phenolic OH excluding ortho intramolecular Hbond substituents is 1. The number of rotatable bonds is 8. The maximum absolute atomic E-state index is 9.60. The summed E-state index contributed by atoms with van der Waals surface area (Å²) in [6.45, 7) is 6.27. The van der Waals surface area contributed by atoms with Crippen LogP contribution in [0, 0.1) is 5.92 Å². The minimum Gasteiger partial charge on any atom is -0.508 e. The Balaban J connectivity index is 0.000000504. The fourth-order valence-electron chi connectivity index (χ4n) is 4.29. The number of H-pyrrole nitrogens is 1. The standard InChI is InChI=1S/C25H25ClN2O3.C5H10.CH4O/c1-15(2)31-24-6-4-3-5-19(24)20-13-22-23(14-21(20)26)28-25(27-22)18(11-12-29)16-7-9-17(30)10-8-16;1-2-5-3-4-5;1-2/h3-10,13-15,18,29-30H,11-12H2,1-2H3,(H,27,28);5H,2-4H2,1H3;2H,1H3. The highest BCUT2D eigenvalue weighted by atomic mass is 35.5. The first kappa shape index (κ1) is 29.5. The molecule has 5 rings (SSSR count). The van der Waals surface area contributed by atoms with E-state index >= 15 is 0 Å². The average Bonchev–Trinajstić information content (AvgIpc) is 3.68. The summed E-state index contributed by atoms with van der Waals surface area (Å²) in [4.78, 5) is 8.18. The number of aromatic hydroxyl groups is 1. The normalized spacial score (nSPS) is 13.4. The average molecular weight is 539 g/mol. The highest BCUT2D eigenvalue weighted by Gasteiger charge is 2.20. The number of fused-ring (bicyclic) bond motifs is 1. The van der Waals surface area contributed by atoms with E-state index in [1.807, 2.05) is 62.4 Å². The molecule has 1 saturated carbocycles. The molecule has 1 aliphatic rings. The summed E-state index contributed by atoms with van der Waals surface area (Å²) in [5.74, 6) is 2.73. The van der Waals surface area contributed by atoms with Gasteiger partial charge in [0, 0.05) is 30.8 Å². The molecule has 1 heterocycles. The molecule has 0 bridgehead atoms. The van der Waals surface area contributed by atoms with Crippen LogP contribution in [0.15, 0.2) is 60.7 Å². The van der Waals surface area contributed by atoms with Gasteiger partial charge in [-0.05, 0) is 62.1 Å². The number of imidazole rings is 1. The Bertz CT molecular complexity index is 1280. The summed E-state index contributed by atoms with van der Waals surface area (Å²) in [6.07, 6.45) is 4.99. The molecule has 3 aromatic carbocycles. The van der Waals surface area contributed by atoms with Crippen molar-refractivity contribution in [1.82, 2.24) is 9.97 Å². The number of para-hydroxylation sites is 1. The predicted molar refractivity (Wildman–Crippen MR) is 155 cm³/mol. The largest absolute Gasteiger partial charge is 0.508 e. The number of aliphatic hydroxyl groups is 2. The number of phenols is 1. The second-order valence-corrected chi connectivity index (χ2v) is 10.0.